The standard InChI is InChI=1S/C17H25N3O2.ClH/c1-12(2)19-17(22)14-5-3-4-6-15(14)20-16(21)8-7-13-9-10-18-11-13;/h3-6,12-13,18H,7-11H2,1-2H3,(H,19,22)(H,20,21);1H. The molecule has 1 aromatic carbocycles. The number of benzene rings is 1. The first-order valence-corrected chi connectivity index (χ1v) is 7.96. The first kappa shape index (κ1) is 19.5. The van der Waals surface area contributed by atoms with Gasteiger partial charge in [0.15, 0.2) is 0 Å². The zero-order chi connectivity index (χ0) is 15.9. The van der Waals surface area contributed by atoms with Crippen molar-refractivity contribution in [3.05, 3.63) is 29.8 Å². The first-order valence-electron chi connectivity index (χ1n) is 7.96. The van der Waals surface area contributed by atoms with Gasteiger partial charge in [0.1, 0.15) is 0 Å². The Morgan fingerprint density at radius 2 is 2.04 bits per heavy atom. The van der Waals surface area contributed by atoms with E-state index in [1.165, 1.54) is 0 Å². The minimum atomic E-state index is -0.161. The van der Waals surface area contributed by atoms with Crippen molar-refractivity contribution in [1.82, 2.24) is 10.6 Å². The summed E-state index contributed by atoms with van der Waals surface area (Å²) in [6.45, 7) is 5.87. The second-order valence-corrected chi connectivity index (χ2v) is 6.12. The van der Waals surface area contributed by atoms with Gasteiger partial charge >= 0.3 is 0 Å². The second-order valence-electron chi connectivity index (χ2n) is 6.12. The largest absolute Gasteiger partial charge is 0.350 e. The van der Waals surface area contributed by atoms with Crippen LogP contribution >= 0.6 is 12.4 Å². The van der Waals surface area contributed by atoms with Gasteiger partial charge in [-0.2, -0.15) is 0 Å². The van der Waals surface area contributed by atoms with Crippen LogP contribution in [0.25, 0.3) is 0 Å². The molecule has 128 valence electrons. The molecule has 0 radical (unpaired) electrons. The molecule has 2 amide bonds. The highest BCUT2D eigenvalue weighted by molar-refractivity contribution is 6.03. The number of halogens is 1. The summed E-state index contributed by atoms with van der Waals surface area (Å²) < 4.78 is 0. The molecule has 1 unspecified atom stereocenters. The van der Waals surface area contributed by atoms with Crippen LogP contribution < -0.4 is 16.0 Å². The topological polar surface area (TPSA) is 70.2 Å². The summed E-state index contributed by atoms with van der Waals surface area (Å²) in [4.78, 5) is 24.3. The number of nitrogens with one attached hydrogen (secondary N) is 3. The van der Waals surface area contributed by atoms with Crippen molar-refractivity contribution in [1.29, 1.82) is 0 Å². The molecule has 1 heterocycles. The van der Waals surface area contributed by atoms with Gasteiger partial charge in [0.2, 0.25) is 5.91 Å². The molecule has 1 atom stereocenters. The van der Waals surface area contributed by atoms with Crippen LogP contribution in [0.3, 0.4) is 0 Å². The van der Waals surface area contributed by atoms with Gasteiger partial charge in [-0.15, -0.1) is 12.4 Å². The Bertz CT molecular complexity index is 528. The van der Waals surface area contributed by atoms with Crippen LogP contribution in [0.2, 0.25) is 0 Å². The van der Waals surface area contributed by atoms with Crippen LogP contribution in [0.4, 0.5) is 5.69 Å². The monoisotopic (exact) mass is 339 g/mol. The van der Waals surface area contributed by atoms with E-state index in [2.05, 4.69) is 16.0 Å². The third kappa shape index (κ3) is 6.20. The molecule has 6 heteroatoms. The number of anilines is 1. The van der Waals surface area contributed by atoms with Crippen molar-refractivity contribution in [2.45, 2.75) is 39.2 Å². The molecule has 1 aliphatic heterocycles. The summed E-state index contributed by atoms with van der Waals surface area (Å²) in [5.74, 6) is 0.396. The van der Waals surface area contributed by atoms with Gasteiger partial charge < -0.3 is 16.0 Å². The molecule has 0 spiro atoms. The van der Waals surface area contributed by atoms with E-state index in [0.717, 1.165) is 25.9 Å². The number of amides is 2. The van der Waals surface area contributed by atoms with Crippen molar-refractivity contribution < 1.29 is 9.59 Å². The number of para-hydroxylation sites is 1. The van der Waals surface area contributed by atoms with E-state index in [0.29, 0.717) is 23.6 Å². The maximum absolute atomic E-state index is 12.2. The van der Waals surface area contributed by atoms with Crippen molar-refractivity contribution in [3.63, 3.8) is 0 Å². The normalized spacial score (nSPS) is 16.7. The van der Waals surface area contributed by atoms with E-state index in [-0.39, 0.29) is 30.3 Å². The molecule has 0 aliphatic carbocycles. The molecule has 0 saturated carbocycles. The fourth-order valence-electron chi connectivity index (χ4n) is 2.64. The molecule has 1 saturated heterocycles. The predicted molar refractivity (Wildman–Crippen MR) is 95.1 cm³/mol. The number of carbonyl (C=O) groups excluding carboxylic acids is 2. The van der Waals surface area contributed by atoms with Crippen LogP contribution in [0.5, 0.6) is 0 Å². The lowest BCUT2D eigenvalue weighted by atomic mass is 10.0. The number of hydrogen-bond acceptors (Lipinski definition) is 3. The molecule has 1 aromatic rings. The molecule has 2 rings (SSSR count). The van der Waals surface area contributed by atoms with E-state index in [9.17, 15) is 9.59 Å². The Balaban J connectivity index is 0.00000264. The Labute approximate surface area is 144 Å². The predicted octanol–water partition coefficient (Wildman–Crippen LogP) is 2.57. The fraction of sp³-hybridized carbons (Fsp3) is 0.529. The molecule has 5 nitrogen and oxygen atoms in total. The average molecular weight is 340 g/mol. The molecule has 0 bridgehead atoms. The van der Waals surface area contributed by atoms with Crippen LogP contribution in [-0.4, -0.2) is 30.9 Å². The van der Waals surface area contributed by atoms with E-state index in [1.807, 2.05) is 19.9 Å². The Morgan fingerprint density at radius 3 is 2.70 bits per heavy atom. The van der Waals surface area contributed by atoms with Crippen molar-refractivity contribution in [3.8, 4) is 0 Å². The highest BCUT2D eigenvalue weighted by atomic mass is 35.5. The van der Waals surface area contributed by atoms with Gasteiger partial charge in [-0.3, -0.25) is 9.59 Å². The molecular weight excluding hydrogens is 314 g/mol. The third-order valence-corrected chi connectivity index (χ3v) is 3.81. The maximum atomic E-state index is 12.2. The summed E-state index contributed by atoms with van der Waals surface area (Å²) >= 11 is 0. The summed E-state index contributed by atoms with van der Waals surface area (Å²) in [6.07, 6.45) is 2.52. The highest BCUT2D eigenvalue weighted by Gasteiger charge is 2.17. The Kier molecular flexibility index (Phi) is 8.06. The van der Waals surface area contributed by atoms with E-state index >= 15 is 0 Å². The Morgan fingerprint density at radius 1 is 1.30 bits per heavy atom. The van der Waals surface area contributed by atoms with Gasteiger partial charge in [0.05, 0.1) is 11.3 Å². The smallest absolute Gasteiger partial charge is 0.253 e. The van der Waals surface area contributed by atoms with Gasteiger partial charge in [0, 0.05) is 12.5 Å². The van der Waals surface area contributed by atoms with Gasteiger partial charge in [0.25, 0.3) is 5.91 Å². The number of rotatable bonds is 6. The fourth-order valence-corrected chi connectivity index (χ4v) is 2.64. The maximum Gasteiger partial charge on any atom is 0.253 e. The van der Waals surface area contributed by atoms with Crippen LogP contribution in [0.1, 0.15) is 43.5 Å². The average Bonchev–Trinajstić information content (AvgIpc) is 2.98. The SMILES string of the molecule is CC(C)NC(=O)c1ccccc1NC(=O)CCC1CCNC1.Cl. The number of hydrogen-bond donors (Lipinski definition) is 3. The lowest BCUT2D eigenvalue weighted by Crippen LogP contribution is -2.31. The Hall–Kier alpha value is -1.59. The number of carbonyl (C=O) groups is 2. The molecule has 23 heavy (non-hydrogen) atoms. The summed E-state index contributed by atoms with van der Waals surface area (Å²) in [5.41, 5.74) is 1.09. The lowest BCUT2D eigenvalue weighted by Gasteiger charge is -2.13. The van der Waals surface area contributed by atoms with E-state index in [1.54, 1.807) is 18.2 Å². The lowest BCUT2D eigenvalue weighted by molar-refractivity contribution is -0.116. The minimum Gasteiger partial charge on any atom is -0.350 e. The summed E-state index contributed by atoms with van der Waals surface area (Å²) in [5, 5.41) is 9.02. The van der Waals surface area contributed by atoms with E-state index < -0.39 is 0 Å². The quantitative estimate of drug-likeness (QED) is 0.746. The molecular formula is C17H26ClN3O2. The van der Waals surface area contributed by atoms with Gasteiger partial charge in [-0.05, 0) is 57.8 Å². The van der Waals surface area contributed by atoms with Gasteiger partial charge in [-0.1, -0.05) is 12.1 Å². The molecule has 3 N–H and O–H groups in total. The van der Waals surface area contributed by atoms with Crippen molar-refractivity contribution in [2.75, 3.05) is 18.4 Å². The van der Waals surface area contributed by atoms with Crippen LogP contribution in [0.15, 0.2) is 24.3 Å². The van der Waals surface area contributed by atoms with Crippen LogP contribution in [-0.2, 0) is 4.79 Å². The summed E-state index contributed by atoms with van der Waals surface area (Å²) in [6, 6.07) is 7.18. The van der Waals surface area contributed by atoms with E-state index in [4.69, 9.17) is 0 Å². The molecule has 1 fully saturated rings. The zero-order valence-corrected chi connectivity index (χ0v) is 14.5. The highest BCUT2D eigenvalue weighted by Crippen LogP contribution is 2.18. The van der Waals surface area contributed by atoms with Gasteiger partial charge in [-0.25, -0.2) is 0 Å². The minimum absolute atomic E-state index is 0. The van der Waals surface area contributed by atoms with Crippen molar-refractivity contribution >= 4 is 29.9 Å². The second kappa shape index (κ2) is 9.53. The van der Waals surface area contributed by atoms with Crippen molar-refractivity contribution in [2.24, 2.45) is 5.92 Å². The first-order chi connectivity index (χ1) is 10.6. The zero-order valence-electron chi connectivity index (χ0n) is 13.7. The molecule has 0 aromatic heterocycles. The summed E-state index contributed by atoms with van der Waals surface area (Å²) in [7, 11) is 0. The van der Waals surface area contributed by atoms with Crippen LogP contribution in [0, 0.1) is 5.92 Å². The third-order valence-electron chi connectivity index (χ3n) is 3.81. The molecule has 1 aliphatic rings.